The zero-order valence-electron chi connectivity index (χ0n) is 13.5. The van der Waals surface area contributed by atoms with Crippen LogP contribution >= 0.6 is 0 Å². The standard InChI is InChI=1S/C18H21N3O2/c1-13(14-8-5-4-6-9-14)19-17(22)18(23)20-15-10-7-11-16(12-15)21(2)3/h4-13H,1-3H3,(H,19,22)(H,20,23). The molecule has 0 saturated carbocycles. The lowest BCUT2D eigenvalue weighted by molar-refractivity contribution is -0.136. The van der Waals surface area contributed by atoms with Gasteiger partial charge in [0.25, 0.3) is 0 Å². The number of carbonyl (C=O) groups excluding carboxylic acids is 2. The first-order valence-electron chi connectivity index (χ1n) is 7.41. The fraction of sp³-hybridized carbons (Fsp3) is 0.222. The van der Waals surface area contributed by atoms with Crippen LogP contribution in [0.4, 0.5) is 11.4 Å². The minimum Gasteiger partial charge on any atom is -0.378 e. The average Bonchev–Trinajstić information content (AvgIpc) is 2.55. The van der Waals surface area contributed by atoms with Crippen molar-refractivity contribution in [1.82, 2.24) is 5.32 Å². The van der Waals surface area contributed by atoms with Crippen molar-refractivity contribution >= 4 is 23.2 Å². The van der Waals surface area contributed by atoms with E-state index in [1.54, 1.807) is 6.07 Å². The molecule has 120 valence electrons. The van der Waals surface area contributed by atoms with Crippen LogP contribution in [0.25, 0.3) is 0 Å². The molecular weight excluding hydrogens is 290 g/mol. The van der Waals surface area contributed by atoms with Crippen molar-refractivity contribution in [1.29, 1.82) is 0 Å². The van der Waals surface area contributed by atoms with Gasteiger partial charge in [-0.2, -0.15) is 0 Å². The zero-order chi connectivity index (χ0) is 16.8. The summed E-state index contributed by atoms with van der Waals surface area (Å²) < 4.78 is 0. The third-order valence-corrected chi connectivity index (χ3v) is 3.47. The summed E-state index contributed by atoms with van der Waals surface area (Å²) in [7, 11) is 3.82. The van der Waals surface area contributed by atoms with Crippen LogP contribution < -0.4 is 15.5 Å². The summed E-state index contributed by atoms with van der Waals surface area (Å²) >= 11 is 0. The van der Waals surface area contributed by atoms with Crippen molar-refractivity contribution in [3.63, 3.8) is 0 Å². The van der Waals surface area contributed by atoms with Gasteiger partial charge in [-0.1, -0.05) is 36.4 Å². The van der Waals surface area contributed by atoms with Crippen LogP contribution in [0.3, 0.4) is 0 Å². The molecule has 0 aliphatic carbocycles. The summed E-state index contributed by atoms with van der Waals surface area (Å²) in [6.07, 6.45) is 0. The van der Waals surface area contributed by atoms with E-state index in [9.17, 15) is 9.59 Å². The maximum atomic E-state index is 12.0. The summed E-state index contributed by atoms with van der Waals surface area (Å²) in [6, 6.07) is 16.6. The molecule has 0 fully saturated rings. The smallest absolute Gasteiger partial charge is 0.313 e. The van der Waals surface area contributed by atoms with Crippen molar-refractivity contribution in [3.8, 4) is 0 Å². The van der Waals surface area contributed by atoms with Gasteiger partial charge in [-0.25, -0.2) is 0 Å². The van der Waals surface area contributed by atoms with Crippen molar-refractivity contribution in [2.75, 3.05) is 24.3 Å². The van der Waals surface area contributed by atoms with Gasteiger partial charge in [-0.3, -0.25) is 9.59 Å². The SMILES string of the molecule is CC(NC(=O)C(=O)Nc1cccc(N(C)C)c1)c1ccccc1. The Balaban J connectivity index is 1.98. The van der Waals surface area contributed by atoms with E-state index in [1.165, 1.54) is 0 Å². The van der Waals surface area contributed by atoms with Gasteiger partial charge < -0.3 is 15.5 Å². The van der Waals surface area contributed by atoms with Crippen LogP contribution in [0.2, 0.25) is 0 Å². The van der Waals surface area contributed by atoms with E-state index in [-0.39, 0.29) is 6.04 Å². The highest BCUT2D eigenvalue weighted by Gasteiger charge is 2.17. The fourth-order valence-electron chi connectivity index (χ4n) is 2.14. The number of hydrogen-bond acceptors (Lipinski definition) is 3. The van der Waals surface area contributed by atoms with Crippen LogP contribution in [0.5, 0.6) is 0 Å². The Hall–Kier alpha value is -2.82. The molecule has 2 rings (SSSR count). The van der Waals surface area contributed by atoms with E-state index in [0.29, 0.717) is 5.69 Å². The molecule has 5 nitrogen and oxygen atoms in total. The first kappa shape index (κ1) is 16.5. The molecule has 2 N–H and O–H groups in total. The van der Waals surface area contributed by atoms with Gasteiger partial charge in [-0.05, 0) is 30.7 Å². The van der Waals surface area contributed by atoms with Crippen LogP contribution in [0.15, 0.2) is 54.6 Å². The van der Waals surface area contributed by atoms with E-state index in [4.69, 9.17) is 0 Å². The van der Waals surface area contributed by atoms with Crippen molar-refractivity contribution in [2.45, 2.75) is 13.0 Å². The number of hydrogen-bond donors (Lipinski definition) is 2. The second kappa shape index (κ2) is 7.45. The first-order valence-corrected chi connectivity index (χ1v) is 7.41. The highest BCUT2D eigenvalue weighted by Crippen LogP contribution is 2.17. The summed E-state index contributed by atoms with van der Waals surface area (Å²) in [5, 5.41) is 5.31. The topological polar surface area (TPSA) is 61.4 Å². The minimum absolute atomic E-state index is 0.234. The predicted octanol–water partition coefficient (Wildman–Crippen LogP) is 2.57. The fourth-order valence-corrected chi connectivity index (χ4v) is 2.14. The Bertz CT molecular complexity index is 684. The van der Waals surface area contributed by atoms with Gasteiger partial charge in [0.15, 0.2) is 0 Å². The lowest BCUT2D eigenvalue weighted by Crippen LogP contribution is -2.36. The second-order valence-electron chi connectivity index (χ2n) is 5.50. The third kappa shape index (κ3) is 4.57. The number of nitrogens with one attached hydrogen (secondary N) is 2. The molecule has 0 aromatic heterocycles. The number of benzene rings is 2. The quantitative estimate of drug-likeness (QED) is 0.853. The van der Waals surface area contributed by atoms with Gasteiger partial charge in [0.1, 0.15) is 0 Å². The van der Waals surface area contributed by atoms with Crippen LogP contribution in [-0.2, 0) is 9.59 Å². The van der Waals surface area contributed by atoms with Gasteiger partial charge in [0.05, 0.1) is 6.04 Å². The largest absolute Gasteiger partial charge is 0.378 e. The summed E-state index contributed by atoms with van der Waals surface area (Å²) in [4.78, 5) is 26.0. The molecule has 2 aromatic rings. The molecule has 0 spiro atoms. The number of anilines is 2. The molecule has 0 aliphatic rings. The molecule has 2 aromatic carbocycles. The van der Waals surface area contributed by atoms with E-state index >= 15 is 0 Å². The van der Waals surface area contributed by atoms with E-state index < -0.39 is 11.8 Å². The number of carbonyl (C=O) groups is 2. The number of rotatable bonds is 4. The van der Waals surface area contributed by atoms with Crippen LogP contribution in [0, 0.1) is 0 Å². The lowest BCUT2D eigenvalue weighted by Gasteiger charge is -2.15. The first-order chi connectivity index (χ1) is 11.0. The third-order valence-electron chi connectivity index (χ3n) is 3.47. The highest BCUT2D eigenvalue weighted by atomic mass is 16.2. The summed E-state index contributed by atoms with van der Waals surface area (Å²) in [6.45, 7) is 1.84. The summed E-state index contributed by atoms with van der Waals surface area (Å²) in [5.41, 5.74) is 2.48. The van der Waals surface area contributed by atoms with Crippen molar-refractivity contribution in [2.24, 2.45) is 0 Å². The molecule has 0 aliphatic heterocycles. The van der Waals surface area contributed by atoms with Gasteiger partial charge in [0.2, 0.25) is 0 Å². The van der Waals surface area contributed by atoms with Gasteiger partial charge >= 0.3 is 11.8 Å². The molecule has 5 heteroatoms. The Kier molecular flexibility index (Phi) is 5.36. The second-order valence-corrected chi connectivity index (χ2v) is 5.50. The number of nitrogens with zero attached hydrogens (tertiary/aromatic N) is 1. The lowest BCUT2D eigenvalue weighted by atomic mass is 10.1. The molecule has 2 amide bonds. The average molecular weight is 311 g/mol. The molecule has 0 bridgehead atoms. The Morgan fingerprint density at radius 3 is 2.30 bits per heavy atom. The van der Waals surface area contributed by atoms with E-state index in [1.807, 2.05) is 74.4 Å². The van der Waals surface area contributed by atoms with Crippen LogP contribution in [-0.4, -0.2) is 25.9 Å². The predicted molar refractivity (Wildman–Crippen MR) is 92.4 cm³/mol. The van der Waals surface area contributed by atoms with Crippen molar-refractivity contribution in [3.05, 3.63) is 60.2 Å². The number of amides is 2. The van der Waals surface area contributed by atoms with Crippen molar-refractivity contribution < 1.29 is 9.59 Å². The van der Waals surface area contributed by atoms with E-state index in [2.05, 4.69) is 10.6 Å². The Labute approximate surface area is 136 Å². The highest BCUT2D eigenvalue weighted by molar-refractivity contribution is 6.39. The molecule has 0 radical (unpaired) electrons. The van der Waals surface area contributed by atoms with Gasteiger partial charge in [0, 0.05) is 25.5 Å². The van der Waals surface area contributed by atoms with Gasteiger partial charge in [-0.15, -0.1) is 0 Å². The molecule has 0 heterocycles. The minimum atomic E-state index is -0.677. The normalized spacial score (nSPS) is 11.4. The Morgan fingerprint density at radius 1 is 0.957 bits per heavy atom. The van der Waals surface area contributed by atoms with Crippen LogP contribution in [0.1, 0.15) is 18.5 Å². The monoisotopic (exact) mass is 311 g/mol. The maximum absolute atomic E-state index is 12.0. The molecule has 1 atom stereocenters. The molecule has 0 saturated heterocycles. The molecule has 1 unspecified atom stereocenters. The molecule has 23 heavy (non-hydrogen) atoms. The molecular formula is C18H21N3O2. The summed E-state index contributed by atoms with van der Waals surface area (Å²) in [5.74, 6) is -1.33. The van der Waals surface area contributed by atoms with E-state index in [0.717, 1.165) is 11.3 Å². The Morgan fingerprint density at radius 2 is 1.65 bits per heavy atom. The maximum Gasteiger partial charge on any atom is 0.313 e. The zero-order valence-corrected chi connectivity index (χ0v) is 13.5.